The highest BCUT2D eigenvalue weighted by molar-refractivity contribution is 6.05. The van der Waals surface area contributed by atoms with E-state index in [1.807, 2.05) is 0 Å². The Kier molecular flexibility index (Phi) is 4.49. The van der Waals surface area contributed by atoms with Crippen molar-refractivity contribution in [1.29, 1.82) is 0 Å². The van der Waals surface area contributed by atoms with Crippen LogP contribution in [-0.2, 0) is 16.0 Å². The van der Waals surface area contributed by atoms with Gasteiger partial charge in [0, 0.05) is 23.8 Å². The number of aliphatic carboxylic acids is 2. The lowest BCUT2D eigenvalue weighted by Gasteiger charge is -2.26. The van der Waals surface area contributed by atoms with Crippen LogP contribution in [0.2, 0.25) is 0 Å². The summed E-state index contributed by atoms with van der Waals surface area (Å²) in [6, 6.07) is 5.11. The number of methoxy groups -OCH3 is 1. The SMILES string of the molecule is COc1ccc2c(c1)CC(CCC(=O)O)(CCC(=O)O)C2=O. The number of Topliss-reactive ketones (excluding diaryl/α,β-unsaturated/α-hetero) is 1. The minimum absolute atomic E-state index is 0.144. The lowest BCUT2D eigenvalue weighted by Crippen LogP contribution is -2.30. The summed E-state index contributed by atoms with van der Waals surface area (Å²) in [5.74, 6) is -1.52. The summed E-state index contributed by atoms with van der Waals surface area (Å²) in [7, 11) is 1.53. The van der Waals surface area contributed by atoms with Gasteiger partial charge in [0.25, 0.3) is 0 Å². The van der Waals surface area contributed by atoms with E-state index in [0.717, 1.165) is 5.56 Å². The lowest BCUT2D eigenvalue weighted by molar-refractivity contribution is -0.137. The number of benzene rings is 1. The van der Waals surface area contributed by atoms with Crippen molar-refractivity contribution in [2.75, 3.05) is 7.11 Å². The second kappa shape index (κ2) is 6.17. The molecule has 0 amide bonds. The van der Waals surface area contributed by atoms with Crippen LogP contribution < -0.4 is 4.74 Å². The Hall–Kier alpha value is -2.37. The number of fused-ring (bicyclic) bond motifs is 1. The van der Waals surface area contributed by atoms with Crippen molar-refractivity contribution in [1.82, 2.24) is 0 Å². The second-order valence-electron chi connectivity index (χ2n) is 5.60. The molecule has 0 saturated carbocycles. The third-order valence-electron chi connectivity index (χ3n) is 4.20. The molecule has 6 nitrogen and oxygen atoms in total. The molecule has 0 unspecified atom stereocenters. The maximum Gasteiger partial charge on any atom is 0.303 e. The van der Waals surface area contributed by atoms with Gasteiger partial charge in [0.2, 0.25) is 0 Å². The van der Waals surface area contributed by atoms with Crippen molar-refractivity contribution in [3.05, 3.63) is 29.3 Å². The van der Waals surface area contributed by atoms with E-state index in [1.165, 1.54) is 7.11 Å². The van der Waals surface area contributed by atoms with Crippen LogP contribution in [0.3, 0.4) is 0 Å². The topological polar surface area (TPSA) is 101 Å². The van der Waals surface area contributed by atoms with E-state index in [1.54, 1.807) is 18.2 Å². The fourth-order valence-electron chi connectivity index (χ4n) is 3.02. The summed E-state index contributed by atoms with van der Waals surface area (Å²) in [5.41, 5.74) is 0.391. The van der Waals surface area contributed by atoms with Crippen LogP contribution in [-0.4, -0.2) is 35.0 Å². The van der Waals surface area contributed by atoms with Crippen LogP contribution in [0.15, 0.2) is 18.2 Å². The molecular weight excluding hydrogens is 288 g/mol. The molecule has 0 bridgehead atoms. The highest BCUT2D eigenvalue weighted by Crippen LogP contribution is 2.44. The first kappa shape index (κ1) is 16.0. The maximum absolute atomic E-state index is 12.7. The zero-order valence-electron chi connectivity index (χ0n) is 12.3. The van der Waals surface area contributed by atoms with Crippen LogP contribution in [0, 0.1) is 5.41 Å². The van der Waals surface area contributed by atoms with Crippen molar-refractivity contribution in [3.8, 4) is 5.75 Å². The molecular formula is C16H18O6. The molecule has 1 aromatic rings. The van der Waals surface area contributed by atoms with E-state index in [0.29, 0.717) is 17.7 Å². The van der Waals surface area contributed by atoms with Gasteiger partial charge < -0.3 is 14.9 Å². The third-order valence-corrected chi connectivity index (χ3v) is 4.20. The molecule has 0 heterocycles. The fourth-order valence-corrected chi connectivity index (χ4v) is 3.02. The molecule has 118 valence electrons. The van der Waals surface area contributed by atoms with E-state index in [2.05, 4.69) is 0 Å². The van der Waals surface area contributed by atoms with E-state index in [4.69, 9.17) is 14.9 Å². The third kappa shape index (κ3) is 3.10. The molecule has 0 saturated heterocycles. The summed E-state index contributed by atoms with van der Waals surface area (Å²) >= 11 is 0. The highest BCUT2D eigenvalue weighted by atomic mass is 16.5. The first-order valence-electron chi connectivity index (χ1n) is 7.03. The number of carbonyl (C=O) groups is 3. The Morgan fingerprint density at radius 3 is 2.27 bits per heavy atom. The summed E-state index contributed by atoms with van der Waals surface area (Å²) in [6.07, 6.45) is 0.336. The molecule has 0 fully saturated rings. The van der Waals surface area contributed by atoms with Crippen molar-refractivity contribution in [2.45, 2.75) is 32.1 Å². The lowest BCUT2D eigenvalue weighted by atomic mass is 9.75. The Bertz CT molecular complexity index is 601. The van der Waals surface area contributed by atoms with Gasteiger partial charge in [-0.1, -0.05) is 0 Å². The van der Waals surface area contributed by atoms with Crippen molar-refractivity contribution >= 4 is 17.7 Å². The van der Waals surface area contributed by atoms with Crippen LogP contribution in [0.5, 0.6) is 5.75 Å². The van der Waals surface area contributed by atoms with Crippen LogP contribution >= 0.6 is 0 Å². The monoisotopic (exact) mass is 306 g/mol. The highest BCUT2D eigenvalue weighted by Gasteiger charge is 2.45. The van der Waals surface area contributed by atoms with E-state index in [-0.39, 0.29) is 31.5 Å². The maximum atomic E-state index is 12.7. The predicted molar refractivity (Wildman–Crippen MR) is 77.2 cm³/mol. The van der Waals surface area contributed by atoms with Gasteiger partial charge in [0.1, 0.15) is 5.75 Å². The molecule has 2 rings (SSSR count). The molecule has 0 radical (unpaired) electrons. The minimum atomic E-state index is -0.990. The number of rotatable bonds is 7. The molecule has 2 N–H and O–H groups in total. The van der Waals surface area contributed by atoms with E-state index < -0.39 is 17.4 Å². The van der Waals surface area contributed by atoms with Crippen molar-refractivity contribution in [2.24, 2.45) is 5.41 Å². The Morgan fingerprint density at radius 1 is 1.18 bits per heavy atom. The second-order valence-corrected chi connectivity index (χ2v) is 5.60. The van der Waals surface area contributed by atoms with E-state index >= 15 is 0 Å². The minimum Gasteiger partial charge on any atom is -0.497 e. The number of carboxylic acid groups (broad SMARTS) is 2. The van der Waals surface area contributed by atoms with Crippen LogP contribution in [0.25, 0.3) is 0 Å². The van der Waals surface area contributed by atoms with Crippen molar-refractivity contribution in [3.63, 3.8) is 0 Å². The molecule has 1 aromatic carbocycles. The average molecular weight is 306 g/mol. The number of ether oxygens (including phenoxy) is 1. The van der Waals surface area contributed by atoms with Gasteiger partial charge in [0.05, 0.1) is 7.11 Å². The van der Waals surface area contributed by atoms with Gasteiger partial charge in [-0.15, -0.1) is 0 Å². The molecule has 1 aliphatic carbocycles. The van der Waals surface area contributed by atoms with Crippen LogP contribution in [0.1, 0.15) is 41.6 Å². The first-order valence-corrected chi connectivity index (χ1v) is 7.03. The van der Waals surface area contributed by atoms with Gasteiger partial charge in [0.15, 0.2) is 5.78 Å². The van der Waals surface area contributed by atoms with Gasteiger partial charge in [-0.3, -0.25) is 14.4 Å². The summed E-state index contributed by atoms with van der Waals surface area (Å²) in [4.78, 5) is 34.5. The molecule has 0 aliphatic heterocycles. The van der Waals surface area contributed by atoms with Gasteiger partial charge in [-0.2, -0.15) is 0 Å². The first-order chi connectivity index (χ1) is 10.4. The molecule has 0 aromatic heterocycles. The number of carboxylic acids is 2. The normalized spacial score (nSPS) is 15.4. The quantitative estimate of drug-likeness (QED) is 0.800. The number of carbonyl (C=O) groups excluding carboxylic acids is 1. The zero-order chi connectivity index (χ0) is 16.3. The van der Waals surface area contributed by atoms with Gasteiger partial charge >= 0.3 is 11.9 Å². The molecule has 1 aliphatic rings. The predicted octanol–water partition coefficient (Wildman–Crippen LogP) is 2.15. The zero-order valence-corrected chi connectivity index (χ0v) is 12.3. The largest absolute Gasteiger partial charge is 0.497 e. The van der Waals surface area contributed by atoms with Gasteiger partial charge in [-0.25, -0.2) is 0 Å². The molecule has 6 heteroatoms. The average Bonchev–Trinajstić information content (AvgIpc) is 2.75. The molecule has 22 heavy (non-hydrogen) atoms. The smallest absolute Gasteiger partial charge is 0.303 e. The number of ketones is 1. The Labute approximate surface area is 127 Å². The van der Waals surface area contributed by atoms with Crippen LogP contribution in [0.4, 0.5) is 0 Å². The standard InChI is InChI=1S/C16H18O6/c1-22-11-2-3-12-10(8-11)9-16(15(12)21,6-4-13(17)18)7-5-14(19)20/h2-3,8H,4-7,9H2,1H3,(H,17,18)(H,19,20). The Balaban J connectivity index is 2.31. The van der Waals surface area contributed by atoms with E-state index in [9.17, 15) is 14.4 Å². The summed E-state index contributed by atoms with van der Waals surface area (Å²) in [6.45, 7) is 0. The number of hydrogen-bond acceptors (Lipinski definition) is 4. The Morgan fingerprint density at radius 2 is 1.77 bits per heavy atom. The fraction of sp³-hybridized carbons (Fsp3) is 0.438. The van der Waals surface area contributed by atoms with Crippen molar-refractivity contribution < 1.29 is 29.3 Å². The summed E-state index contributed by atoms with van der Waals surface area (Å²) < 4.78 is 5.14. The molecule has 0 spiro atoms. The summed E-state index contributed by atoms with van der Waals surface area (Å²) in [5, 5.41) is 17.8. The molecule has 0 atom stereocenters. The van der Waals surface area contributed by atoms with Gasteiger partial charge in [-0.05, 0) is 43.0 Å². The number of hydrogen-bond donors (Lipinski definition) is 2.